The van der Waals surface area contributed by atoms with Gasteiger partial charge in [0.25, 0.3) is 0 Å². The molecule has 0 aromatic heterocycles. The molecule has 0 spiro atoms. The molecule has 3 aromatic carbocycles. The van der Waals surface area contributed by atoms with Gasteiger partial charge in [-0.1, -0.05) is 76.6 Å². The van der Waals surface area contributed by atoms with Crippen LogP contribution in [0.4, 0.5) is 0 Å². The van der Waals surface area contributed by atoms with Crippen LogP contribution in [0.3, 0.4) is 0 Å². The summed E-state index contributed by atoms with van der Waals surface area (Å²) in [6.45, 7) is 6.15. The Hall–Kier alpha value is -1.76. The van der Waals surface area contributed by atoms with Gasteiger partial charge >= 0.3 is 0 Å². The van der Waals surface area contributed by atoms with E-state index in [-0.39, 0.29) is 0 Å². The molecule has 0 unspecified atom stereocenters. The monoisotopic (exact) mass is 352 g/mol. The molecule has 0 heterocycles. The summed E-state index contributed by atoms with van der Waals surface area (Å²) in [5.41, 5.74) is 3.47. The highest BCUT2D eigenvalue weighted by molar-refractivity contribution is 8.62. The predicted molar refractivity (Wildman–Crippen MR) is 106 cm³/mol. The van der Waals surface area contributed by atoms with Crippen molar-refractivity contribution in [2.24, 2.45) is 0 Å². The Kier molecular flexibility index (Phi) is 4.99. The molecule has 122 valence electrons. The summed E-state index contributed by atoms with van der Waals surface area (Å²) >= 11 is 1.48. The van der Waals surface area contributed by atoms with E-state index < -0.39 is 6.34 Å². The van der Waals surface area contributed by atoms with Crippen molar-refractivity contribution in [3.63, 3.8) is 0 Å². The molecule has 0 N–H and O–H groups in total. The third kappa shape index (κ3) is 3.66. The summed E-state index contributed by atoms with van der Waals surface area (Å²) in [6, 6.07) is 24.4. The maximum atomic E-state index is 14.1. The highest BCUT2D eigenvalue weighted by atomic mass is 32.7. The van der Waals surface area contributed by atoms with Crippen molar-refractivity contribution >= 4 is 28.3 Å². The molecule has 1 nitrogen and oxygen atoms in total. The van der Waals surface area contributed by atoms with Gasteiger partial charge in [0.05, 0.1) is 0 Å². The maximum absolute atomic E-state index is 14.1. The Morgan fingerprint density at radius 2 is 1.17 bits per heavy atom. The number of hydrogen-bond donors (Lipinski definition) is 0. The van der Waals surface area contributed by atoms with E-state index >= 15 is 0 Å². The average molecular weight is 352 g/mol. The molecular weight excluding hydrogens is 331 g/mol. The summed E-state index contributed by atoms with van der Waals surface area (Å²) in [4.78, 5) is 1.03. The minimum atomic E-state index is -2.80. The Morgan fingerprint density at radius 3 is 1.62 bits per heavy atom. The lowest BCUT2D eigenvalue weighted by Gasteiger charge is -2.19. The van der Waals surface area contributed by atoms with Crippen LogP contribution in [0.1, 0.15) is 16.7 Å². The zero-order chi connectivity index (χ0) is 17.2. The highest BCUT2D eigenvalue weighted by Crippen LogP contribution is 2.59. The van der Waals surface area contributed by atoms with Crippen LogP contribution in [0.5, 0.6) is 0 Å². The van der Waals surface area contributed by atoms with Crippen LogP contribution in [-0.4, -0.2) is 0 Å². The van der Waals surface area contributed by atoms with E-state index in [4.69, 9.17) is 0 Å². The van der Waals surface area contributed by atoms with E-state index in [2.05, 4.69) is 31.2 Å². The lowest BCUT2D eigenvalue weighted by molar-refractivity contribution is 0.595. The van der Waals surface area contributed by atoms with Crippen LogP contribution in [0.25, 0.3) is 0 Å². The fourth-order valence-electron chi connectivity index (χ4n) is 2.62. The van der Waals surface area contributed by atoms with Crippen LogP contribution in [0.2, 0.25) is 0 Å². The van der Waals surface area contributed by atoms with Gasteiger partial charge in [0.1, 0.15) is 0 Å². The first-order chi connectivity index (χ1) is 11.5. The van der Waals surface area contributed by atoms with Crippen LogP contribution in [0, 0.1) is 20.8 Å². The van der Waals surface area contributed by atoms with Crippen LogP contribution >= 0.6 is 17.7 Å². The Balaban J connectivity index is 2.13. The van der Waals surface area contributed by atoms with Crippen molar-refractivity contribution in [2.75, 3.05) is 0 Å². The van der Waals surface area contributed by atoms with Gasteiger partial charge < -0.3 is 4.57 Å². The van der Waals surface area contributed by atoms with Crippen molar-refractivity contribution in [2.45, 2.75) is 25.7 Å². The van der Waals surface area contributed by atoms with Crippen LogP contribution in [0.15, 0.2) is 77.7 Å². The largest absolute Gasteiger partial charge is 0.302 e. The second-order valence-electron chi connectivity index (χ2n) is 6.13. The SMILES string of the molecule is Cc1ccc(SP(=O)(c2cccc(C)c2)c2cccc(C)c2)cc1. The average Bonchev–Trinajstić information content (AvgIpc) is 2.57. The number of aryl methyl sites for hydroxylation is 3. The quantitative estimate of drug-likeness (QED) is 0.566. The first-order valence-electron chi connectivity index (χ1n) is 7.98. The second kappa shape index (κ2) is 7.01. The summed E-state index contributed by atoms with van der Waals surface area (Å²) in [6.07, 6.45) is -2.80. The Labute approximate surface area is 148 Å². The zero-order valence-electron chi connectivity index (χ0n) is 14.2. The molecule has 3 rings (SSSR count). The normalized spacial score (nSPS) is 11.5. The summed E-state index contributed by atoms with van der Waals surface area (Å²) in [5, 5.41) is 1.80. The third-order valence-corrected chi connectivity index (χ3v) is 9.26. The van der Waals surface area contributed by atoms with Gasteiger partial charge in [-0.2, -0.15) is 0 Å². The zero-order valence-corrected chi connectivity index (χ0v) is 15.9. The van der Waals surface area contributed by atoms with E-state index in [1.165, 1.54) is 16.9 Å². The third-order valence-electron chi connectivity index (χ3n) is 3.94. The van der Waals surface area contributed by atoms with Gasteiger partial charge in [-0.05, 0) is 45.0 Å². The van der Waals surface area contributed by atoms with Crippen molar-refractivity contribution < 1.29 is 4.57 Å². The van der Waals surface area contributed by atoms with Gasteiger partial charge in [-0.3, -0.25) is 0 Å². The van der Waals surface area contributed by atoms with Gasteiger partial charge in [-0.15, -0.1) is 0 Å². The molecular formula is C21H21OPS. The number of benzene rings is 3. The molecule has 24 heavy (non-hydrogen) atoms. The molecule has 0 aliphatic carbocycles. The Bertz CT molecular complexity index is 850. The molecule has 3 aromatic rings. The molecule has 3 heteroatoms. The van der Waals surface area contributed by atoms with Crippen molar-refractivity contribution in [3.8, 4) is 0 Å². The molecule has 0 fully saturated rings. The molecule has 0 aliphatic heterocycles. The predicted octanol–water partition coefficient (Wildman–Crippen LogP) is 5.63. The molecule has 0 bridgehead atoms. The summed E-state index contributed by atoms with van der Waals surface area (Å²) in [7, 11) is 0. The molecule has 0 radical (unpaired) electrons. The minimum Gasteiger partial charge on any atom is -0.302 e. The first-order valence-corrected chi connectivity index (χ1v) is 11.1. The molecule has 0 saturated heterocycles. The molecule has 0 atom stereocenters. The second-order valence-corrected chi connectivity index (χ2v) is 11.0. The highest BCUT2D eigenvalue weighted by Gasteiger charge is 2.29. The van der Waals surface area contributed by atoms with Gasteiger partial charge in [0, 0.05) is 15.5 Å². The lowest BCUT2D eigenvalue weighted by Crippen LogP contribution is -2.14. The fourth-order valence-corrected chi connectivity index (χ4v) is 7.57. The fraction of sp³-hybridized carbons (Fsp3) is 0.143. The van der Waals surface area contributed by atoms with E-state index in [1.54, 1.807) is 0 Å². The Morgan fingerprint density at radius 1 is 0.667 bits per heavy atom. The van der Waals surface area contributed by atoms with Crippen molar-refractivity contribution in [3.05, 3.63) is 89.5 Å². The lowest BCUT2D eigenvalue weighted by atomic mass is 10.2. The summed E-state index contributed by atoms with van der Waals surface area (Å²) in [5.74, 6) is 0. The van der Waals surface area contributed by atoms with E-state index in [1.807, 2.05) is 62.4 Å². The van der Waals surface area contributed by atoms with Crippen LogP contribution in [-0.2, 0) is 4.57 Å². The standard InChI is InChI=1S/C21H21OPS/c1-16-10-12-21(13-11-16)24-23(22,19-8-4-6-17(2)14-19)20-9-5-7-18(3)15-20/h4-15H,1-3H3. The van der Waals surface area contributed by atoms with E-state index in [0.29, 0.717) is 0 Å². The minimum absolute atomic E-state index is 0.902. The summed E-state index contributed by atoms with van der Waals surface area (Å²) < 4.78 is 14.1. The van der Waals surface area contributed by atoms with Gasteiger partial charge in [0.2, 0.25) is 0 Å². The molecule has 0 aliphatic rings. The van der Waals surface area contributed by atoms with Crippen LogP contribution < -0.4 is 10.6 Å². The molecule has 0 amide bonds. The smallest absolute Gasteiger partial charge is 0.199 e. The van der Waals surface area contributed by atoms with E-state index in [9.17, 15) is 4.57 Å². The molecule has 0 saturated carbocycles. The van der Waals surface area contributed by atoms with E-state index in [0.717, 1.165) is 26.6 Å². The topological polar surface area (TPSA) is 17.1 Å². The van der Waals surface area contributed by atoms with Gasteiger partial charge in [0.15, 0.2) is 6.34 Å². The van der Waals surface area contributed by atoms with Crippen molar-refractivity contribution in [1.82, 2.24) is 0 Å². The van der Waals surface area contributed by atoms with Gasteiger partial charge in [-0.25, -0.2) is 0 Å². The number of hydrogen-bond acceptors (Lipinski definition) is 2. The number of rotatable bonds is 4. The maximum Gasteiger partial charge on any atom is 0.199 e. The van der Waals surface area contributed by atoms with Crippen molar-refractivity contribution in [1.29, 1.82) is 0 Å². The first kappa shape index (κ1) is 17.1.